The molecule has 0 aromatic heterocycles. The Morgan fingerprint density at radius 3 is 2.56 bits per heavy atom. The van der Waals surface area contributed by atoms with Crippen LogP contribution in [0.15, 0.2) is 30.3 Å². The van der Waals surface area contributed by atoms with Crippen LogP contribution in [-0.2, 0) is 16.1 Å². The SMILES string of the molecule is CN(C[C@@H]1CCCN1C(=O)OCc1ccccc1)C(=O)OC(C)(C)C. The molecule has 25 heavy (non-hydrogen) atoms. The standard InChI is InChI=1S/C19H28N2O4/c1-19(2,3)25-17(22)20(4)13-16-11-8-12-21(16)18(23)24-14-15-9-6-5-7-10-15/h5-7,9-10,16H,8,11-14H2,1-4H3/t16-/m0/s1. The third-order valence-corrected chi connectivity index (χ3v) is 4.01. The van der Waals surface area contributed by atoms with Gasteiger partial charge in [-0.15, -0.1) is 0 Å². The van der Waals surface area contributed by atoms with Crippen LogP contribution in [0.3, 0.4) is 0 Å². The highest BCUT2D eigenvalue weighted by Gasteiger charge is 2.32. The van der Waals surface area contributed by atoms with E-state index in [1.165, 1.54) is 4.90 Å². The first-order valence-electron chi connectivity index (χ1n) is 8.68. The molecule has 6 nitrogen and oxygen atoms in total. The van der Waals surface area contributed by atoms with Crippen molar-refractivity contribution in [1.82, 2.24) is 9.80 Å². The van der Waals surface area contributed by atoms with Gasteiger partial charge in [-0.1, -0.05) is 30.3 Å². The van der Waals surface area contributed by atoms with E-state index in [9.17, 15) is 9.59 Å². The molecule has 1 aliphatic rings. The number of ether oxygens (including phenoxy) is 2. The summed E-state index contributed by atoms with van der Waals surface area (Å²) in [6, 6.07) is 9.56. The van der Waals surface area contributed by atoms with E-state index < -0.39 is 5.60 Å². The van der Waals surface area contributed by atoms with Crippen molar-refractivity contribution in [2.24, 2.45) is 0 Å². The number of likely N-dealkylation sites (tertiary alicyclic amines) is 1. The van der Waals surface area contributed by atoms with Crippen molar-refractivity contribution in [2.45, 2.75) is 51.9 Å². The Kier molecular flexibility index (Phi) is 6.28. The maximum atomic E-state index is 12.4. The lowest BCUT2D eigenvalue weighted by molar-refractivity contribution is 0.0247. The van der Waals surface area contributed by atoms with Gasteiger partial charge >= 0.3 is 12.2 Å². The molecule has 6 heteroatoms. The summed E-state index contributed by atoms with van der Waals surface area (Å²) in [4.78, 5) is 27.7. The second-order valence-electron chi connectivity index (χ2n) is 7.39. The fourth-order valence-electron chi connectivity index (χ4n) is 2.80. The highest BCUT2D eigenvalue weighted by molar-refractivity contribution is 5.69. The van der Waals surface area contributed by atoms with E-state index in [-0.39, 0.29) is 24.8 Å². The lowest BCUT2D eigenvalue weighted by Gasteiger charge is -2.30. The Labute approximate surface area is 149 Å². The van der Waals surface area contributed by atoms with Gasteiger partial charge < -0.3 is 19.3 Å². The predicted molar refractivity (Wildman–Crippen MR) is 95.2 cm³/mol. The number of amides is 2. The van der Waals surface area contributed by atoms with Gasteiger partial charge in [-0.2, -0.15) is 0 Å². The summed E-state index contributed by atoms with van der Waals surface area (Å²) in [7, 11) is 1.69. The van der Waals surface area contributed by atoms with Crippen molar-refractivity contribution in [2.75, 3.05) is 20.1 Å². The maximum Gasteiger partial charge on any atom is 0.410 e. The Morgan fingerprint density at radius 1 is 1.24 bits per heavy atom. The molecule has 138 valence electrons. The Hall–Kier alpha value is -2.24. The Bertz CT molecular complexity index is 583. The van der Waals surface area contributed by atoms with Crippen molar-refractivity contribution >= 4 is 12.2 Å². The quantitative estimate of drug-likeness (QED) is 0.833. The lowest BCUT2D eigenvalue weighted by atomic mass is 10.2. The van der Waals surface area contributed by atoms with Crippen molar-refractivity contribution in [1.29, 1.82) is 0 Å². The first-order chi connectivity index (χ1) is 11.8. The number of carbonyl (C=O) groups excluding carboxylic acids is 2. The molecule has 0 aliphatic carbocycles. The molecule has 0 radical (unpaired) electrons. The van der Waals surface area contributed by atoms with Crippen LogP contribution < -0.4 is 0 Å². The fourth-order valence-corrected chi connectivity index (χ4v) is 2.80. The molecule has 0 bridgehead atoms. The third kappa shape index (κ3) is 5.96. The smallest absolute Gasteiger partial charge is 0.410 e. The van der Waals surface area contributed by atoms with E-state index in [1.54, 1.807) is 11.9 Å². The summed E-state index contributed by atoms with van der Waals surface area (Å²) in [5.74, 6) is 0. The van der Waals surface area contributed by atoms with Crippen molar-refractivity contribution < 1.29 is 19.1 Å². The topological polar surface area (TPSA) is 59.1 Å². The first kappa shape index (κ1) is 19.1. The van der Waals surface area contributed by atoms with Crippen LogP contribution in [-0.4, -0.2) is 53.8 Å². The summed E-state index contributed by atoms with van der Waals surface area (Å²) in [5.41, 5.74) is 0.424. The molecule has 1 aromatic rings. The van der Waals surface area contributed by atoms with Gasteiger partial charge in [0.2, 0.25) is 0 Å². The van der Waals surface area contributed by atoms with Gasteiger partial charge in [0.05, 0.1) is 6.04 Å². The summed E-state index contributed by atoms with van der Waals surface area (Å²) in [5, 5.41) is 0. The van der Waals surface area contributed by atoms with Crippen LogP contribution in [0.5, 0.6) is 0 Å². The van der Waals surface area contributed by atoms with Gasteiger partial charge in [-0.3, -0.25) is 0 Å². The Morgan fingerprint density at radius 2 is 1.92 bits per heavy atom. The molecule has 0 spiro atoms. The van der Waals surface area contributed by atoms with Gasteiger partial charge in [0, 0.05) is 20.1 Å². The van der Waals surface area contributed by atoms with Gasteiger partial charge in [-0.05, 0) is 39.2 Å². The largest absolute Gasteiger partial charge is 0.445 e. The van der Waals surface area contributed by atoms with E-state index in [0.717, 1.165) is 18.4 Å². The first-order valence-corrected chi connectivity index (χ1v) is 8.68. The van der Waals surface area contributed by atoms with Crippen LogP contribution in [0.25, 0.3) is 0 Å². The summed E-state index contributed by atoms with van der Waals surface area (Å²) >= 11 is 0. The maximum absolute atomic E-state index is 12.4. The second-order valence-corrected chi connectivity index (χ2v) is 7.39. The number of nitrogens with zero attached hydrogens (tertiary/aromatic N) is 2. The fraction of sp³-hybridized carbons (Fsp3) is 0.579. The molecule has 1 aliphatic heterocycles. The van der Waals surface area contributed by atoms with E-state index in [1.807, 2.05) is 51.1 Å². The number of benzene rings is 1. The zero-order chi connectivity index (χ0) is 18.4. The summed E-state index contributed by atoms with van der Waals surface area (Å²) in [6.07, 6.45) is 1.06. The molecule has 1 atom stereocenters. The van der Waals surface area contributed by atoms with Crippen LogP contribution in [0.4, 0.5) is 9.59 Å². The summed E-state index contributed by atoms with van der Waals surface area (Å²) in [6.45, 7) is 6.85. The number of carbonyl (C=O) groups is 2. The van der Waals surface area contributed by atoms with Crippen LogP contribution >= 0.6 is 0 Å². The predicted octanol–water partition coefficient (Wildman–Crippen LogP) is 3.65. The average Bonchev–Trinajstić information content (AvgIpc) is 3.00. The van der Waals surface area contributed by atoms with E-state index in [0.29, 0.717) is 13.1 Å². The van der Waals surface area contributed by atoms with Crippen molar-refractivity contribution in [3.63, 3.8) is 0 Å². The van der Waals surface area contributed by atoms with Crippen LogP contribution in [0, 0.1) is 0 Å². The molecule has 1 saturated heterocycles. The average molecular weight is 348 g/mol. The number of likely N-dealkylation sites (N-methyl/N-ethyl adjacent to an activating group) is 1. The molecule has 1 heterocycles. The third-order valence-electron chi connectivity index (χ3n) is 4.01. The normalized spacial score (nSPS) is 17.3. The van der Waals surface area contributed by atoms with Gasteiger partial charge in [0.25, 0.3) is 0 Å². The minimum Gasteiger partial charge on any atom is -0.445 e. The zero-order valence-corrected chi connectivity index (χ0v) is 15.5. The molecular weight excluding hydrogens is 320 g/mol. The zero-order valence-electron chi connectivity index (χ0n) is 15.5. The van der Waals surface area contributed by atoms with Crippen molar-refractivity contribution in [3.8, 4) is 0 Å². The molecule has 0 saturated carbocycles. The van der Waals surface area contributed by atoms with Crippen LogP contribution in [0.2, 0.25) is 0 Å². The number of hydrogen-bond donors (Lipinski definition) is 0. The molecule has 0 N–H and O–H groups in total. The summed E-state index contributed by atoms with van der Waals surface area (Å²) < 4.78 is 10.8. The van der Waals surface area contributed by atoms with Gasteiger partial charge in [-0.25, -0.2) is 9.59 Å². The highest BCUT2D eigenvalue weighted by Crippen LogP contribution is 2.20. The Balaban J connectivity index is 1.86. The van der Waals surface area contributed by atoms with Gasteiger partial charge in [0.15, 0.2) is 0 Å². The van der Waals surface area contributed by atoms with Gasteiger partial charge in [0.1, 0.15) is 12.2 Å². The second kappa shape index (κ2) is 8.23. The molecule has 2 amide bonds. The van der Waals surface area contributed by atoms with E-state index >= 15 is 0 Å². The lowest BCUT2D eigenvalue weighted by Crippen LogP contribution is -2.45. The minimum atomic E-state index is -0.532. The van der Waals surface area contributed by atoms with E-state index in [4.69, 9.17) is 9.47 Å². The molecule has 0 unspecified atom stereocenters. The van der Waals surface area contributed by atoms with E-state index in [2.05, 4.69) is 0 Å². The van der Waals surface area contributed by atoms with Crippen molar-refractivity contribution in [3.05, 3.63) is 35.9 Å². The monoisotopic (exact) mass is 348 g/mol. The molecule has 2 rings (SSSR count). The molecule has 1 aromatic carbocycles. The van der Waals surface area contributed by atoms with Crippen LogP contribution in [0.1, 0.15) is 39.2 Å². The molecule has 1 fully saturated rings. The molecular formula is C19H28N2O4. The number of rotatable bonds is 4. The highest BCUT2D eigenvalue weighted by atomic mass is 16.6. The minimum absolute atomic E-state index is 0.0409. The number of hydrogen-bond acceptors (Lipinski definition) is 4.